The predicted molar refractivity (Wildman–Crippen MR) is 98.8 cm³/mol. The van der Waals surface area contributed by atoms with E-state index in [9.17, 15) is 0 Å². The van der Waals surface area contributed by atoms with Crippen LogP contribution in [0.3, 0.4) is 0 Å². The molecule has 132 valence electrons. The summed E-state index contributed by atoms with van der Waals surface area (Å²) in [5.41, 5.74) is 9.97. The first-order valence-corrected chi connectivity index (χ1v) is 8.35. The van der Waals surface area contributed by atoms with E-state index in [0.29, 0.717) is 17.5 Å². The zero-order valence-electron chi connectivity index (χ0n) is 15.0. The van der Waals surface area contributed by atoms with E-state index in [1.165, 1.54) is 0 Å². The number of hydrogen-bond donors (Lipinski definition) is 2. The molecule has 3 N–H and O–H groups in total. The molecule has 0 amide bonds. The van der Waals surface area contributed by atoms with Gasteiger partial charge in [0.2, 0.25) is 5.88 Å². The van der Waals surface area contributed by atoms with Gasteiger partial charge in [-0.3, -0.25) is 0 Å². The highest BCUT2D eigenvalue weighted by Crippen LogP contribution is 2.33. The molecule has 1 atom stereocenters. The van der Waals surface area contributed by atoms with Crippen molar-refractivity contribution in [3.05, 3.63) is 36.3 Å². The Labute approximate surface area is 147 Å². The minimum Gasteiger partial charge on any atom is -0.494 e. The number of hydrogen-bond acceptors (Lipinski definition) is 5. The van der Waals surface area contributed by atoms with E-state index in [2.05, 4.69) is 28.8 Å². The molecule has 6 heteroatoms. The third-order valence-electron chi connectivity index (χ3n) is 4.14. The molecule has 0 radical (unpaired) electrons. The second-order valence-electron chi connectivity index (χ2n) is 6.52. The van der Waals surface area contributed by atoms with Crippen LogP contribution in [0.15, 0.2) is 30.5 Å². The van der Waals surface area contributed by atoms with Crippen LogP contribution in [0.5, 0.6) is 11.6 Å². The van der Waals surface area contributed by atoms with Gasteiger partial charge in [0.25, 0.3) is 0 Å². The number of H-pyrrole nitrogens is 1. The first-order valence-electron chi connectivity index (χ1n) is 8.35. The maximum absolute atomic E-state index is 6.28. The standard InChI is InChI=1S/C19H24N4O2/c1-11(2)7-14(20)19-22-15-8-13(9-16(24-3)18(15)23-19)12-5-6-21-17(10-12)25-4/h5-6,8-11,14H,7,20H2,1-4H3,(H,22,23)/t14-/m1/s1. The van der Waals surface area contributed by atoms with Gasteiger partial charge in [0.1, 0.15) is 17.1 Å². The molecule has 2 aromatic heterocycles. The van der Waals surface area contributed by atoms with Gasteiger partial charge in [0.15, 0.2) is 0 Å². The molecule has 6 nitrogen and oxygen atoms in total. The number of imidazole rings is 1. The summed E-state index contributed by atoms with van der Waals surface area (Å²) < 4.78 is 10.8. The van der Waals surface area contributed by atoms with Crippen molar-refractivity contribution in [3.8, 4) is 22.8 Å². The third kappa shape index (κ3) is 3.58. The van der Waals surface area contributed by atoms with Gasteiger partial charge in [-0.2, -0.15) is 0 Å². The Kier molecular flexibility index (Phi) is 4.90. The topological polar surface area (TPSA) is 86.0 Å². The summed E-state index contributed by atoms with van der Waals surface area (Å²) in [7, 11) is 3.25. The lowest BCUT2D eigenvalue weighted by Gasteiger charge is -2.10. The number of nitrogens with two attached hydrogens (primary N) is 1. The number of fused-ring (bicyclic) bond motifs is 1. The summed E-state index contributed by atoms with van der Waals surface area (Å²) >= 11 is 0. The van der Waals surface area contributed by atoms with Gasteiger partial charge in [-0.25, -0.2) is 9.97 Å². The normalized spacial score (nSPS) is 12.6. The van der Waals surface area contributed by atoms with Crippen molar-refractivity contribution in [2.45, 2.75) is 26.3 Å². The summed E-state index contributed by atoms with van der Waals surface area (Å²) in [6.45, 7) is 4.30. The zero-order chi connectivity index (χ0) is 18.0. The molecular formula is C19H24N4O2. The molecule has 0 aliphatic heterocycles. The lowest BCUT2D eigenvalue weighted by Crippen LogP contribution is -2.14. The van der Waals surface area contributed by atoms with E-state index in [1.54, 1.807) is 20.4 Å². The van der Waals surface area contributed by atoms with Crippen molar-refractivity contribution >= 4 is 11.0 Å². The van der Waals surface area contributed by atoms with E-state index in [4.69, 9.17) is 15.2 Å². The van der Waals surface area contributed by atoms with Gasteiger partial charge in [-0.05, 0) is 41.7 Å². The smallest absolute Gasteiger partial charge is 0.213 e. The molecule has 0 saturated heterocycles. The van der Waals surface area contributed by atoms with Crippen molar-refractivity contribution in [2.75, 3.05) is 14.2 Å². The van der Waals surface area contributed by atoms with Gasteiger partial charge in [-0.1, -0.05) is 13.8 Å². The first kappa shape index (κ1) is 17.2. The maximum Gasteiger partial charge on any atom is 0.213 e. The molecule has 2 heterocycles. The van der Waals surface area contributed by atoms with Crippen LogP contribution in [0.2, 0.25) is 0 Å². The minimum atomic E-state index is -0.124. The highest BCUT2D eigenvalue weighted by Gasteiger charge is 2.16. The van der Waals surface area contributed by atoms with Gasteiger partial charge in [0.05, 0.1) is 25.8 Å². The number of pyridine rings is 1. The summed E-state index contributed by atoms with van der Waals surface area (Å²) in [5.74, 6) is 2.57. The van der Waals surface area contributed by atoms with Crippen LogP contribution in [0, 0.1) is 5.92 Å². The van der Waals surface area contributed by atoms with Crippen LogP contribution in [0.4, 0.5) is 0 Å². The van der Waals surface area contributed by atoms with Crippen molar-refractivity contribution < 1.29 is 9.47 Å². The second kappa shape index (κ2) is 7.11. The molecule has 1 aromatic carbocycles. The monoisotopic (exact) mass is 340 g/mol. The average molecular weight is 340 g/mol. The molecule has 25 heavy (non-hydrogen) atoms. The maximum atomic E-state index is 6.28. The number of aromatic nitrogens is 3. The molecule has 0 fully saturated rings. The molecule has 3 rings (SSSR count). The van der Waals surface area contributed by atoms with E-state index in [-0.39, 0.29) is 6.04 Å². The molecule has 0 aliphatic rings. The summed E-state index contributed by atoms with van der Waals surface area (Å²) in [6, 6.07) is 7.72. The molecule has 3 aromatic rings. The SMILES string of the molecule is COc1cc(-c2cc(OC)c3nc([C@H](N)CC(C)C)[nH]c3c2)ccn1. The molecule has 0 aliphatic carbocycles. The number of ether oxygens (including phenoxy) is 2. The lowest BCUT2D eigenvalue weighted by atomic mass is 10.0. The quantitative estimate of drug-likeness (QED) is 0.715. The van der Waals surface area contributed by atoms with E-state index in [0.717, 1.165) is 34.4 Å². The number of methoxy groups -OCH3 is 2. The summed E-state index contributed by atoms with van der Waals surface area (Å²) in [4.78, 5) is 12.2. The lowest BCUT2D eigenvalue weighted by molar-refractivity contribution is 0.398. The van der Waals surface area contributed by atoms with Gasteiger partial charge >= 0.3 is 0 Å². The molecular weight excluding hydrogens is 316 g/mol. The van der Waals surface area contributed by atoms with Crippen LogP contribution in [0.25, 0.3) is 22.2 Å². The van der Waals surface area contributed by atoms with E-state index >= 15 is 0 Å². The molecule has 0 saturated carbocycles. The third-order valence-corrected chi connectivity index (χ3v) is 4.14. The largest absolute Gasteiger partial charge is 0.494 e. The van der Waals surface area contributed by atoms with Gasteiger partial charge < -0.3 is 20.2 Å². The minimum absolute atomic E-state index is 0.124. The summed E-state index contributed by atoms with van der Waals surface area (Å²) in [6.07, 6.45) is 2.60. The molecule has 0 unspecified atom stereocenters. The average Bonchev–Trinajstić information content (AvgIpc) is 3.04. The van der Waals surface area contributed by atoms with Crippen molar-refractivity contribution in [1.29, 1.82) is 0 Å². The fraction of sp³-hybridized carbons (Fsp3) is 0.368. The van der Waals surface area contributed by atoms with Crippen molar-refractivity contribution in [2.24, 2.45) is 11.7 Å². The number of rotatable bonds is 6. The fourth-order valence-electron chi connectivity index (χ4n) is 2.92. The Morgan fingerprint density at radius 2 is 1.92 bits per heavy atom. The number of benzene rings is 1. The van der Waals surface area contributed by atoms with Crippen LogP contribution in [0.1, 0.15) is 32.1 Å². The fourth-order valence-corrected chi connectivity index (χ4v) is 2.92. The number of nitrogens with zero attached hydrogens (tertiary/aromatic N) is 2. The van der Waals surface area contributed by atoms with Crippen LogP contribution in [-0.4, -0.2) is 29.2 Å². The summed E-state index contributed by atoms with van der Waals surface area (Å²) in [5, 5.41) is 0. The zero-order valence-corrected chi connectivity index (χ0v) is 15.0. The Morgan fingerprint density at radius 3 is 2.60 bits per heavy atom. The first-order chi connectivity index (χ1) is 12.0. The molecule has 0 bridgehead atoms. The number of nitrogens with one attached hydrogen (secondary N) is 1. The van der Waals surface area contributed by atoms with Crippen molar-refractivity contribution in [3.63, 3.8) is 0 Å². The highest BCUT2D eigenvalue weighted by molar-refractivity contribution is 5.88. The van der Waals surface area contributed by atoms with Crippen molar-refractivity contribution in [1.82, 2.24) is 15.0 Å². The highest BCUT2D eigenvalue weighted by atomic mass is 16.5. The number of aromatic amines is 1. The van der Waals surface area contributed by atoms with Crippen LogP contribution < -0.4 is 15.2 Å². The van der Waals surface area contributed by atoms with Gasteiger partial charge in [0, 0.05) is 12.3 Å². The second-order valence-corrected chi connectivity index (χ2v) is 6.52. The Hall–Kier alpha value is -2.60. The Bertz CT molecular complexity index is 873. The van der Waals surface area contributed by atoms with Crippen LogP contribution in [-0.2, 0) is 0 Å². The van der Waals surface area contributed by atoms with Gasteiger partial charge in [-0.15, -0.1) is 0 Å². The Balaban J connectivity index is 2.07. The predicted octanol–water partition coefficient (Wildman–Crippen LogP) is 3.69. The van der Waals surface area contributed by atoms with Crippen LogP contribution >= 0.6 is 0 Å². The Morgan fingerprint density at radius 1 is 1.12 bits per heavy atom. The van der Waals surface area contributed by atoms with E-state index < -0.39 is 0 Å². The van der Waals surface area contributed by atoms with E-state index in [1.807, 2.05) is 24.3 Å². The molecule has 0 spiro atoms.